The van der Waals surface area contributed by atoms with Crippen LogP contribution < -0.4 is 0 Å². The Kier molecular flexibility index (Phi) is 1.20. The van der Waals surface area contributed by atoms with Crippen molar-refractivity contribution in [2.75, 3.05) is 20.1 Å². The SMILES string of the molecule is CN1C[C@H]2C[C@@H](C1)N2C=O. The summed E-state index contributed by atoms with van der Waals surface area (Å²) in [7, 11) is 2.11. The fraction of sp³-hybridized carbons (Fsp3) is 0.857. The number of hydrogen-bond donors (Lipinski definition) is 0. The number of fused-ring (bicyclic) bond motifs is 2. The number of carbonyl (C=O) groups excluding carboxylic acids is 1. The van der Waals surface area contributed by atoms with Crippen molar-refractivity contribution in [2.24, 2.45) is 0 Å². The zero-order chi connectivity index (χ0) is 7.14. The second-order valence-electron chi connectivity index (χ2n) is 3.32. The van der Waals surface area contributed by atoms with Crippen LogP contribution in [0.1, 0.15) is 6.42 Å². The molecular formula is C7H12N2O. The maximum atomic E-state index is 10.4. The van der Waals surface area contributed by atoms with Crippen LogP contribution in [-0.4, -0.2) is 48.4 Å². The first-order chi connectivity index (χ1) is 4.81. The number of amides is 1. The molecule has 1 amide bonds. The maximum absolute atomic E-state index is 10.4. The Labute approximate surface area is 60.6 Å². The van der Waals surface area contributed by atoms with Gasteiger partial charge < -0.3 is 9.80 Å². The molecule has 3 aliphatic heterocycles. The quantitative estimate of drug-likeness (QED) is 0.460. The minimum absolute atomic E-state index is 0.529. The third-order valence-electron chi connectivity index (χ3n) is 2.55. The van der Waals surface area contributed by atoms with Gasteiger partial charge >= 0.3 is 0 Å². The van der Waals surface area contributed by atoms with Gasteiger partial charge in [0.1, 0.15) is 0 Å². The molecule has 2 bridgehead atoms. The van der Waals surface area contributed by atoms with Gasteiger partial charge in [-0.25, -0.2) is 0 Å². The maximum Gasteiger partial charge on any atom is 0.210 e. The van der Waals surface area contributed by atoms with Crippen molar-refractivity contribution in [3.05, 3.63) is 0 Å². The van der Waals surface area contributed by atoms with Crippen LogP contribution in [0.5, 0.6) is 0 Å². The molecule has 56 valence electrons. The Bertz CT molecular complexity index is 148. The molecular weight excluding hydrogens is 128 g/mol. The number of hydrogen-bond acceptors (Lipinski definition) is 2. The van der Waals surface area contributed by atoms with E-state index in [0.717, 1.165) is 19.5 Å². The van der Waals surface area contributed by atoms with Gasteiger partial charge in [-0.2, -0.15) is 0 Å². The third kappa shape index (κ3) is 0.669. The molecule has 0 unspecified atom stereocenters. The summed E-state index contributed by atoms with van der Waals surface area (Å²) in [5.41, 5.74) is 0. The molecule has 0 aliphatic carbocycles. The van der Waals surface area contributed by atoms with Gasteiger partial charge in [-0.1, -0.05) is 0 Å². The van der Waals surface area contributed by atoms with E-state index in [1.54, 1.807) is 0 Å². The fourth-order valence-corrected chi connectivity index (χ4v) is 2.02. The average Bonchev–Trinajstić information content (AvgIpc) is 1.87. The molecule has 3 rings (SSSR count). The van der Waals surface area contributed by atoms with Crippen molar-refractivity contribution in [3.63, 3.8) is 0 Å². The molecule has 0 saturated carbocycles. The number of nitrogens with zero attached hydrogens (tertiary/aromatic N) is 2. The van der Waals surface area contributed by atoms with Crippen LogP contribution in [0.25, 0.3) is 0 Å². The standard InChI is InChI=1S/C7H12N2O/c1-8-3-6-2-7(4-8)9(6)5-10/h5-7H,2-4H2,1H3/t6-,7+. The van der Waals surface area contributed by atoms with Crippen LogP contribution >= 0.6 is 0 Å². The van der Waals surface area contributed by atoms with Gasteiger partial charge in [-0.15, -0.1) is 0 Å². The predicted octanol–water partition coefficient (Wildman–Crippen LogP) is -0.469. The Morgan fingerprint density at radius 3 is 2.50 bits per heavy atom. The average molecular weight is 140 g/mol. The first-order valence-electron chi connectivity index (χ1n) is 3.72. The van der Waals surface area contributed by atoms with Gasteiger partial charge in [0, 0.05) is 25.2 Å². The smallest absolute Gasteiger partial charge is 0.210 e. The lowest BCUT2D eigenvalue weighted by Crippen LogP contribution is -2.67. The molecule has 3 heteroatoms. The van der Waals surface area contributed by atoms with Crippen LogP contribution in [-0.2, 0) is 4.79 Å². The van der Waals surface area contributed by atoms with Crippen molar-refractivity contribution in [1.29, 1.82) is 0 Å². The lowest BCUT2D eigenvalue weighted by molar-refractivity contribution is -0.138. The second kappa shape index (κ2) is 1.95. The van der Waals surface area contributed by atoms with Crippen molar-refractivity contribution >= 4 is 6.41 Å². The highest BCUT2D eigenvalue weighted by molar-refractivity contribution is 5.51. The first-order valence-corrected chi connectivity index (χ1v) is 3.72. The van der Waals surface area contributed by atoms with Gasteiger partial charge in [-0.3, -0.25) is 4.79 Å². The molecule has 0 aromatic heterocycles. The van der Waals surface area contributed by atoms with Gasteiger partial charge in [0.05, 0.1) is 0 Å². The lowest BCUT2D eigenvalue weighted by Gasteiger charge is -2.53. The summed E-state index contributed by atoms with van der Waals surface area (Å²) in [4.78, 5) is 14.6. The molecule has 3 heterocycles. The highest BCUT2D eigenvalue weighted by Gasteiger charge is 2.42. The van der Waals surface area contributed by atoms with E-state index in [1.807, 2.05) is 4.90 Å². The van der Waals surface area contributed by atoms with E-state index in [0.29, 0.717) is 12.1 Å². The van der Waals surface area contributed by atoms with E-state index in [4.69, 9.17) is 0 Å². The molecule has 0 radical (unpaired) electrons. The zero-order valence-electron chi connectivity index (χ0n) is 6.16. The number of piperazine rings is 1. The second-order valence-corrected chi connectivity index (χ2v) is 3.32. The van der Waals surface area contributed by atoms with E-state index >= 15 is 0 Å². The van der Waals surface area contributed by atoms with Crippen molar-refractivity contribution in [3.8, 4) is 0 Å². The van der Waals surface area contributed by atoms with Crippen LogP contribution in [0.15, 0.2) is 0 Å². The Balaban J connectivity index is 2.02. The van der Waals surface area contributed by atoms with E-state index in [9.17, 15) is 4.79 Å². The van der Waals surface area contributed by atoms with Gasteiger partial charge in [-0.05, 0) is 13.5 Å². The Hall–Kier alpha value is -0.570. The molecule has 10 heavy (non-hydrogen) atoms. The Morgan fingerprint density at radius 1 is 1.40 bits per heavy atom. The largest absolute Gasteiger partial charge is 0.337 e. The molecule has 2 atom stereocenters. The van der Waals surface area contributed by atoms with Gasteiger partial charge in [0.15, 0.2) is 0 Å². The van der Waals surface area contributed by atoms with Crippen molar-refractivity contribution < 1.29 is 4.79 Å². The summed E-state index contributed by atoms with van der Waals surface area (Å²) in [6.07, 6.45) is 2.22. The van der Waals surface area contributed by atoms with Crippen molar-refractivity contribution in [1.82, 2.24) is 9.80 Å². The number of piperidine rings is 1. The molecule has 0 spiro atoms. The minimum atomic E-state index is 0.529. The molecule has 0 N–H and O–H groups in total. The van der Waals surface area contributed by atoms with Gasteiger partial charge in [0.2, 0.25) is 6.41 Å². The van der Waals surface area contributed by atoms with E-state index in [-0.39, 0.29) is 0 Å². The Morgan fingerprint density at radius 2 is 2.00 bits per heavy atom. The monoisotopic (exact) mass is 140 g/mol. The highest BCUT2D eigenvalue weighted by atomic mass is 16.1. The molecule has 3 fully saturated rings. The van der Waals surface area contributed by atoms with Crippen LogP contribution in [0.3, 0.4) is 0 Å². The third-order valence-corrected chi connectivity index (χ3v) is 2.55. The van der Waals surface area contributed by atoms with Crippen LogP contribution in [0, 0.1) is 0 Å². The van der Waals surface area contributed by atoms with Gasteiger partial charge in [0.25, 0.3) is 0 Å². The van der Waals surface area contributed by atoms with E-state index in [1.165, 1.54) is 6.42 Å². The first kappa shape index (κ1) is 6.16. The highest BCUT2D eigenvalue weighted by Crippen LogP contribution is 2.29. The number of rotatable bonds is 1. The number of carbonyl (C=O) groups is 1. The normalized spacial score (nSPS) is 39.1. The molecule has 3 saturated heterocycles. The molecule has 0 aromatic carbocycles. The van der Waals surface area contributed by atoms with E-state index in [2.05, 4.69) is 11.9 Å². The minimum Gasteiger partial charge on any atom is -0.337 e. The fourth-order valence-electron chi connectivity index (χ4n) is 2.02. The molecule has 3 aliphatic rings. The number of likely N-dealkylation sites (N-methyl/N-ethyl adjacent to an activating group) is 1. The summed E-state index contributed by atoms with van der Waals surface area (Å²) in [5.74, 6) is 0. The lowest BCUT2D eigenvalue weighted by atomic mass is 9.89. The van der Waals surface area contributed by atoms with Crippen LogP contribution in [0.4, 0.5) is 0 Å². The summed E-state index contributed by atoms with van der Waals surface area (Å²) in [6.45, 7) is 2.13. The topological polar surface area (TPSA) is 23.6 Å². The summed E-state index contributed by atoms with van der Waals surface area (Å²) >= 11 is 0. The zero-order valence-corrected chi connectivity index (χ0v) is 6.16. The summed E-state index contributed by atoms with van der Waals surface area (Å²) < 4.78 is 0. The predicted molar refractivity (Wildman–Crippen MR) is 37.6 cm³/mol. The summed E-state index contributed by atoms with van der Waals surface area (Å²) in [6, 6.07) is 1.06. The van der Waals surface area contributed by atoms with E-state index < -0.39 is 0 Å². The molecule has 0 aromatic rings. The van der Waals surface area contributed by atoms with Crippen molar-refractivity contribution in [2.45, 2.75) is 18.5 Å². The molecule has 3 nitrogen and oxygen atoms in total. The van der Waals surface area contributed by atoms with Crippen LogP contribution in [0.2, 0.25) is 0 Å². The summed E-state index contributed by atoms with van der Waals surface area (Å²) in [5, 5.41) is 0.